The summed E-state index contributed by atoms with van der Waals surface area (Å²) >= 11 is 0. The van der Waals surface area contributed by atoms with Gasteiger partial charge in [-0.25, -0.2) is 4.98 Å². The van der Waals surface area contributed by atoms with Crippen molar-refractivity contribution in [3.05, 3.63) is 65.2 Å². The quantitative estimate of drug-likeness (QED) is 0.718. The Hall–Kier alpha value is -3.64. The zero-order chi connectivity index (χ0) is 17.2. The lowest BCUT2D eigenvalue weighted by Crippen LogP contribution is -2.30. The van der Waals surface area contributed by atoms with Crippen LogP contribution in [0.1, 0.15) is 22.6 Å². The monoisotopic (exact) mass is 327 g/mol. The van der Waals surface area contributed by atoms with Crippen LogP contribution in [0.3, 0.4) is 0 Å². The van der Waals surface area contributed by atoms with E-state index in [4.69, 9.17) is 14.9 Å². The van der Waals surface area contributed by atoms with E-state index < -0.39 is 0 Å². The van der Waals surface area contributed by atoms with Crippen LogP contribution in [0.15, 0.2) is 47.0 Å². The minimum Gasteiger partial charge on any atom is -0.438 e. The molecule has 0 spiro atoms. The Morgan fingerprint density at radius 1 is 1.08 bits per heavy atom. The molecule has 0 aliphatic carbocycles. The van der Waals surface area contributed by atoms with Crippen molar-refractivity contribution in [3.8, 4) is 23.7 Å². The van der Waals surface area contributed by atoms with Crippen LogP contribution in [0.2, 0.25) is 0 Å². The summed E-state index contributed by atoms with van der Waals surface area (Å²) in [5, 5.41) is 18.3. The lowest BCUT2D eigenvalue weighted by molar-refractivity contribution is 0.494. The van der Waals surface area contributed by atoms with Gasteiger partial charge < -0.3 is 9.32 Å². The fraction of sp³-hybridized carbons (Fsp3) is 0.158. The fourth-order valence-corrected chi connectivity index (χ4v) is 2.94. The number of fused-ring (bicyclic) bond motifs is 1. The Morgan fingerprint density at radius 2 is 1.88 bits per heavy atom. The van der Waals surface area contributed by atoms with Crippen molar-refractivity contribution in [2.75, 3.05) is 11.4 Å². The van der Waals surface area contributed by atoms with Crippen molar-refractivity contribution in [2.45, 2.75) is 13.0 Å². The molecule has 0 atom stereocenters. The predicted octanol–water partition coefficient (Wildman–Crippen LogP) is 3.04. The summed E-state index contributed by atoms with van der Waals surface area (Å²) in [4.78, 5) is 10.9. The highest BCUT2D eigenvalue weighted by Gasteiger charge is 2.24. The number of nitrogens with zero attached hydrogens (tertiary/aromatic N) is 5. The number of hydrogen-bond donors (Lipinski definition) is 0. The van der Waals surface area contributed by atoms with Gasteiger partial charge in [0.2, 0.25) is 5.89 Å². The van der Waals surface area contributed by atoms with Crippen molar-refractivity contribution in [3.63, 3.8) is 0 Å². The Balaban J connectivity index is 1.65. The highest BCUT2D eigenvalue weighted by atomic mass is 16.4. The van der Waals surface area contributed by atoms with E-state index in [1.807, 2.05) is 18.2 Å². The van der Waals surface area contributed by atoms with Gasteiger partial charge in [-0.1, -0.05) is 6.07 Å². The van der Waals surface area contributed by atoms with E-state index in [-0.39, 0.29) is 0 Å². The summed E-state index contributed by atoms with van der Waals surface area (Å²) in [6.45, 7) is 1.30. The second kappa shape index (κ2) is 6.10. The molecule has 1 aliphatic rings. The van der Waals surface area contributed by atoms with E-state index >= 15 is 0 Å². The van der Waals surface area contributed by atoms with Gasteiger partial charge in [0.1, 0.15) is 11.5 Å². The Kier molecular flexibility index (Phi) is 3.64. The van der Waals surface area contributed by atoms with Gasteiger partial charge in [0, 0.05) is 24.8 Å². The third kappa shape index (κ3) is 2.82. The lowest BCUT2D eigenvalue weighted by atomic mass is 10.1. The lowest BCUT2D eigenvalue weighted by Gasteiger charge is -2.27. The molecule has 6 nitrogen and oxygen atoms in total. The molecule has 25 heavy (non-hydrogen) atoms. The first kappa shape index (κ1) is 14.9. The van der Waals surface area contributed by atoms with Gasteiger partial charge in [0.05, 0.1) is 35.5 Å². The highest BCUT2D eigenvalue weighted by Crippen LogP contribution is 2.29. The van der Waals surface area contributed by atoms with Crippen molar-refractivity contribution >= 4 is 5.69 Å². The topological polar surface area (TPSA) is 89.7 Å². The zero-order valence-electron chi connectivity index (χ0n) is 13.3. The largest absolute Gasteiger partial charge is 0.438 e. The average molecular weight is 327 g/mol. The maximum Gasteiger partial charge on any atom is 0.245 e. The second-order valence-electron chi connectivity index (χ2n) is 5.77. The van der Waals surface area contributed by atoms with Crippen LogP contribution >= 0.6 is 0 Å². The average Bonchev–Trinajstić information content (AvgIpc) is 3.11. The number of hydrogen-bond acceptors (Lipinski definition) is 6. The molecule has 1 aliphatic heterocycles. The Bertz CT molecular complexity index is 978. The van der Waals surface area contributed by atoms with Crippen molar-refractivity contribution < 1.29 is 4.42 Å². The van der Waals surface area contributed by atoms with Crippen molar-refractivity contribution in [1.82, 2.24) is 9.97 Å². The summed E-state index contributed by atoms with van der Waals surface area (Å²) in [6.07, 6.45) is 2.45. The molecule has 1 aromatic carbocycles. The summed E-state index contributed by atoms with van der Waals surface area (Å²) < 4.78 is 5.91. The molecule has 0 N–H and O–H groups in total. The maximum absolute atomic E-state index is 9.15. The van der Waals surface area contributed by atoms with Crippen LogP contribution in [-0.4, -0.2) is 16.5 Å². The van der Waals surface area contributed by atoms with E-state index in [1.165, 1.54) is 0 Å². The normalized spacial score (nSPS) is 13.0. The summed E-state index contributed by atoms with van der Waals surface area (Å²) in [5.74, 6) is 1.32. The van der Waals surface area contributed by atoms with Crippen LogP contribution < -0.4 is 4.90 Å². The molecule has 0 saturated carbocycles. The smallest absolute Gasteiger partial charge is 0.245 e. The van der Waals surface area contributed by atoms with E-state index in [0.717, 1.165) is 30.1 Å². The van der Waals surface area contributed by atoms with Gasteiger partial charge in [-0.3, -0.25) is 4.98 Å². The minimum absolute atomic E-state index is 0.478. The van der Waals surface area contributed by atoms with E-state index in [9.17, 15) is 0 Å². The first-order valence-electron chi connectivity index (χ1n) is 7.87. The number of rotatable bonds is 2. The molecule has 6 heteroatoms. The van der Waals surface area contributed by atoms with Crippen LogP contribution in [0.25, 0.3) is 11.6 Å². The maximum atomic E-state index is 9.15. The third-order valence-corrected chi connectivity index (χ3v) is 4.16. The van der Waals surface area contributed by atoms with E-state index in [0.29, 0.717) is 29.3 Å². The zero-order valence-corrected chi connectivity index (χ0v) is 13.3. The predicted molar refractivity (Wildman–Crippen MR) is 90.4 cm³/mol. The molecule has 120 valence electrons. The summed E-state index contributed by atoms with van der Waals surface area (Å²) in [6, 6.07) is 15.0. The van der Waals surface area contributed by atoms with Crippen LogP contribution in [0.4, 0.5) is 5.69 Å². The number of aromatic nitrogens is 2. The number of nitriles is 2. The van der Waals surface area contributed by atoms with Gasteiger partial charge in [-0.15, -0.1) is 0 Å². The third-order valence-electron chi connectivity index (χ3n) is 4.16. The van der Waals surface area contributed by atoms with Crippen LogP contribution in [0, 0.1) is 22.7 Å². The molecule has 0 unspecified atom stereocenters. The first-order valence-corrected chi connectivity index (χ1v) is 7.87. The van der Waals surface area contributed by atoms with Gasteiger partial charge in [-0.05, 0) is 30.3 Å². The molecular formula is C19H13N5O. The molecule has 4 rings (SSSR count). The van der Waals surface area contributed by atoms with Gasteiger partial charge in [0.25, 0.3) is 0 Å². The van der Waals surface area contributed by atoms with Gasteiger partial charge in [-0.2, -0.15) is 10.5 Å². The Morgan fingerprint density at radius 3 is 2.56 bits per heavy atom. The minimum atomic E-state index is 0.478. The number of anilines is 1. The summed E-state index contributed by atoms with van der Waals surface area (Å²) in [5.41, 5.74) is 3.45. The molecule has 0 saturated heterocycles. The Labute approximate surface area is 144 Å². The molecule has 0 bridgehead atoms. The standard InChI is InChI=1S/C19H13N5O/c20-10-13-7-14(11-21)9-15(8-13)24-6-4-16-18(12-24)25-19(23-16)17-3-1-2-5-22-17/h1-3,5,7-9H,4,6,12H2. The summed E-state index contributed by atoms with van der Waals surface area (Å²) in [7, 11) is 0. The van der Waals surface area contributed by atoms with Crippen LogP contribution in [-0.2, 0) is 13.0 Å². The van der Waals surface area contributed by atoms with Crippen LogP contribution in [0.5, 0.6) is 0 Å². The number of pyridine rings is 1. The highest BCUT2D eigenvalue weighted by molar-refractivity contribution is 5.58. The SMILES string of the molecule is N#Cc1cc(C#N)cc(N2CCc3nc(-c4ccccn4)oc3C2)c1. The van der Waals surface area contributed by atoms with E-state index in [1.54, 1.807) is 24.4 Å². The molecule has 3 heterocycles. The molecule has 0 fully saturated rings. The number of oxazole rings is 1. The molecule has 0 amide bonds. The van der Waals surface area contributed by atoms with E-state index in [2.05, 4.69) is 27.0 Å². The molecule has 2 aromatic heterocycles. The molecular weight excluding hydrogens is 314 g/mol. The molecule has 3 aromatic rings. The second-order valence-corrected chi connectivity index (χ2v) is 5.77. The first-order chi connectivity index (χ1) is 12.3. The molecule has 0 radical (unpaired) electrons. The van der Waals surface area contributed by atoms with Crippen molar-refractivity contribution in [1.29, 1.82) is 10.5 Å². The number of benzene rings is 1. The van der Waals surface area contributed by atoms with Crippen molar-refractivity contribution in [2.24, 2.45) is 0 Å². The van der Waals surface area contributed by atoms with Gasteiger partial charge in [0.15, 0.2) is 0 Å². The van der Waals surface area contributed by atoms with Gasteiger partial charge >= 0.3 is 0 Å². The fourth-order valence-electron chi connectivity index (χ4n) is 2.94.